The predicted octanol–water partition coefficient (Wildman–Crippen LogP) is -0.869. The van der Waals surface area contributed by atoms with Crippen LogP contribution in [-0.4, -0.2) is 36.5 Å². The summed E-state index contributed by atoms with van der Waals surface area (Å²) >= 11 is 0. The van der Waals surface area contributed by atoms with Gasteiger partial charge in [0.15, 0.2) is 0 Å². The summed E-state index contributed by atoms with van der Waals surface area (Å²) in [6.07, 6.45) is -1.01. The molecule has 1 aliphatic rings. The second-order valence-corrected chi connectivity index (χ2v) is 4.21. The zero-order valence-corrected chi connectivity index (χ0v) is 10.7. The summed E-state index contributed by atoms with van der Waals surface area (Å²) < 4.78 is 15.5. The first kappa shape index (κ1) is 14.4. The molecule has 1 aliphatic heterocycles. The van der Waals surface area contributed by atoms with Crippen LogP contribution in [0.5, 0.6) is 0 Å². The van der Waals surface area contributed by atoms with E-state index in [1.54, 1.807) is 6.07 Å². The van der Waals surface area contributed by atoms with Crippen LogP contribution in [0.25, 0.3) is 0 Å². The van der Waals surface area contributed by atoms with Gasteiger partial charge in [0.25, 0.3) is 0 Å². The summed E-state index contributed by atoms with van der Waals surface area (Å²) in [7, 11) is 0. The van der Waals surface area contributed by atoms with Crippen molar-refractivity contribution in [1.29, 1.82) is 0 Å². The Balaban J connectivity index is 2.34. The molecule has 0 spiro atoms. The van der Waals surface area contributed by atoms with E-state index in [0.29, 0.717) is 0 Å². The average molecular weight is 281 g/mol. The number of hydrogen-bond donors (Lipinski definition) is 1. The molecule has 0 radical (unpaired) electrons. The Kier molecular flexibility index (Phi) is 4.03. The van der Waals surface area contributed by atoms with Gasteiger partial charge in [0.1, 0.15) is 13.2 Å². The van der Waals surface area contributed by atoms with E-state index in [4.69, 9.17) is 14.2 Å². The summed E-state index contributed by atoms with van der Waals surface area (Å²) in [6, 6.07) is 5.84. The third kappa shape index (κ3) is 2.64. The van der Waals surface area contributed by atoms with E-state index in [1.807, 2.05) is 0 Å². The Labute approximate surface area is 114 Å². The highest BCUT2D eigenvalue weighted by atomic mass is 16.8. The fourth-order valence-corrected chi connectivity index (χ4v) is 2.03. The maximum atomic E-state index is 11.1. The van der Waals surface area contributed by atoms with Crippen LogP contribution < -0.4 is 5.11 Å². The molecule has 1 fully saturated rings. The van der Waals surface area contributed by atoms with E-state index in [1.165, 1.54) is 25.1 Å². The predicted molar refractivity (Wildman–Crippen MR) is 62.1 cm³/mol. The standard InChI is InChI=1S/C13H14O7/c1-8(15)19-11-6-18-13(7-14,20-11)10-5-3-2-4-9(10)12(16)17/h2-5,11,14H,6-7H2,1H3,(H,16,17)/p-1/t11?,13-/m0/s1. The van der Waals surface area contributed by atoms with Crippen LogP contribution in [-0.2, 0) is 24.8 Å². The van der Waals surface area contributed by atoms with Gasteiger partial charge in [0, 0.05) is 18.1 Å². The number of carboxylic acid groups (broad SMARTS) is 1. The molecule has 108 valence electrons. The average Bonchev–Trinajstić information content (AvgIpc) is 2.82. The van der Waals surface area contributed by atoms with Gasteiger partial charge in [-0.05, 0) is 0 Å². The van der Waals surface area contributed by atoms with Gasteiger partial charge in [-0.15, -0.1) is 0 Å². The van der Waals surface area contributed by atoms with Crippen molar-refractivity contribution in [3.63, 3.8) is 0 Å². The van der Waals surface area contributed by atoms with Crippen molar-refractivity contribution in [1.82, 2.24) is 0 Å². The minimum atomic E-state index is -1.68. The lowest BCUT2D eigenvalue weighted by molar-refractivity contribution is -0.257. The van der Waals surface area contributed by atoms with Crippen LogP contribution in [0.2, 0.25) is 0 Å². The Hall–Kier alpha value is -1.96. The SMILES string of the molecule is CC(=O)OC1CO[C@](CO)(c2ccccc2C(=O)[O-])O1. The maximum Gasteiger partial charge on any atom is 0.305 e. The molecule has 0 aliphatic carbocycles. The van der Waals surface area contributed by atoms with Crippen molar-refractivity contribution in [2.75, 3.05) is 13.2 Å². The lowest BCUT2D eigenvalue weighted by atomic mass is 10.00. The zero-order valence-electron chi connectivity index (χ0n) is 10.7. The van der Waals surface area contributed by atoms with Crippen LogP contribution in [0, 0.1) is 0 Å². The molecule has 2 atom stereocenters. The first-order valence-electron chi connectivity index (χ1n) is 5.89. The number of ether oxygens (including phenoxy) is 3. The Morgan fingerprint density at radius 1 is 1.50 bits per heavy atom. The molecular weight excluding hydrogens is 268 g/mol. The molecule has 2 rings (SSSR count). The molecule has 0 saturated carbocycles. The van der Waals surface area contributed by atoms with E-state index in [9.17, 15) is 19.8 Å². The first-order valence-corrected chi connectivity index (χ1v) is 5.89. The number of aliphatic hydroxyl groups excluding tert-OH is 1. The molecule has 1 heterocycles. The van der Waals surface area contributed by atoms with Gasteiger partial charge in [0.2, 0.25) is 12.1 Å². The molecule has 0 amide bonds. The lowest BCUT2D eigenvalue weighted by Crippen LogP contribution is -2.36. The van der Waals surface area contributed by atoms with Crippen LogP contribution in [0.3, 0.4) is 0 Å². The molecule has 20 heavy (non-hydrogen) atoms. The minimum Gasteiger partial charge on any atom is -0.545 e. The van der Waals surface area contributed by atoms with Crippen molar-refractivity contribution in [2.24, 2.45) is 0 Å². The van der Waals surface area contributed by atoms with Crippen molar-refractivity contribution in [3.05, 3.63) is 35.4 Å². The molecular formula is C13H13O7-. The fourth-order valence-electron chi connectivity index (χ4n) is 2.03. The number of carbonyl (C=O) groups is 2. The maximum absolute atomic E-state index is 11.1. The van der Waals surface area contributed by atoms with Crippen LogP contribution in [0.1, 0.15) is 22.8 Å². The molecule has 0 bridgehead atoms. The summed E-state index contributed by atoms with van der Waals surface area (Å²) in [4.78, 5) is 22.0. The molecule has 7 nitrogen and oxygen atoms in total. The van der Waals surface area contributed by atoms with Gasteiger partial charge in [-0.2, -0.15) is 0 Å². The summed E-state index contributed by atoms with van der Waals surface area (Å²) in [6.45, 7) is 0.466. The second kappa shape index (κ2) is 5.58. The van der Waals surface area contributed by atoms with Gasteiger partial charge in [-0.3, -0.25) is 4.79 Å². The Morgan fingerprint density at radius 3 is 2.80 bits per heavy atom. The number of esters is 1. The normalized spacial score (nSPS) is 25.4. The van der Waals surface area contributed by atoms with E-state index in [-0.39, 0.29) is 17.7 Å². The topological polar surface area (TPSA) is 105 Å². The largest absolute Gasteiger partial charge is 0.545 e. The lowest BCUT2D eigenvalue weighted by Gasteiger charge is -2.28. The summed E-state index contributed by atoms with van der Waals surface area (Å²) in [5.74, 6) is -3.67. The van der Waals surface area contributed by atoms with E-state index < -0.39 is 30.6 Å². The van der Waals surface area contributed by atoms with Crippen molar-refractivity contribution < 1.29 is 34.0 Å². The van der Waals surface area contributed by atoms with Crippen LogP contribution >= 0.6 is 0 Å². The fraction of sp³-hybridized carbons (Fsp3) is 0.385. The minimum absolute atomic E-state index is 0.108. The van der Waals surface area contributed by atoms with Crippen molar-refractivity contribution in [3.8, 4) is 0 Å². The highest BCUT2D eigenvalue weighted by Gasteiger charge is 2.45. The van der Waals surface area contributed by atoms with Crippen LogP contribution in [0.15, 0.2) is 24.3 Å². The third-order valence-electron chi connectivity index (χ3n) is 2.84. The smallest absolute Gasteiger partial charge is 0.305 e. The van der Waals surface area contributed by atoms with Gasteiger partial charge in [-0.1, -0.05) is 24.3 Å². The number of carboxylic acids is 1. The number of carbonyl (C=O) groups excluding carboxylic acids is 2. The van der Waals surface area contributed by atoms with Crippen molar-refractivity contribution in [2.45, 2.75) is 19.0 Å². The van der Waals surface area contributed by atoms with E-state index in [2.05, 4.69) is 0 Å². The number of hydrogen-bond acceptors (Lipinski definition) is 7. The Bertz CT molecular complexity index is 527. The molecule has 1 N–H and O–H groups in total. The van der Waals surface area contributed by atoms with Crippen LogP contribution in [0.4, 0.5) is 0 Å². The van der Waals surface area contributed by atoms with Gasteiger partial charge in [0.05, 0.1) is 5.97 Å². The van der Waals surface area contributed by atoms with Gasteiger partial charge < -0.3 is 29.2 Å². The zero-order chi connectivity index (χ0) is 14.8. The molecule has 0 aromatic heterocycles. The number of aliphatic hydroxyl groups is 1. The van der Waals surface area contributed by atoms with E-state index in [0.717, 1.165) is 0 Å². The van der Waals surface area contributed by atoms with E-state index >= 15 is 0 Å². The van der Waals surface area contributed by atoms with Gasteiger partial charge in [-0.25, -0.2) is 0 Å². The quantitative estimate of drug-likeness (QED) is 0.715. The summed E-state index contributed by atoms with van der Waals surface area (Å²) in [5, 5.41) is 20.6. The third-order valence-corrected chi connectivity index (χ3v) is 2.84. The Morgan fingerprint density at radius 2 is 2.20 bits per heavy atom. The highest BCUT2D eigenvalue weighted by molar-refractivity contribution is 5.88. The van der Waals surface area contributed by atoms with Crippen molar-refractivity contribution >= 4 is 11.9 Å². The molecule has 1 aromatic rings. The monoisotopic (exact) mass is 281 g/mol. The summed E-state index contributed by atoms with van der Waals surface area (Å²) in [5.41, 5.74) is -0.0535. The first-order chi connectivity index (χ1) is 9.48. The molecule has 1 saturated heterocycles. The second-order valence-electron chi connectivity index (χ2n) is 4.21. The number of aromatic carboxylic acids is 1. The highest BCUT2D eigenvalue weighted by Crippen LogP contribution is 2.36. The number of benzene rings is 1. The van der Waals surface area contributed by atoms with Gasteiger partial charge >= 0.3 is 5.97 Å². The molecule has 1 unspecified atom stereocenters. The number of rotatable bonds is 4. The molecule has 7 heteroatoms. The molecule has 1 aromatic carbocycles.